The van der Waals surface area contributed by atoms with Crippen molar-refractivity contribution in [1.82, 2.24) is 20.4 Å². The standard InChI is InChI=1S/C15H14N4O4/c1-9-17-18-12(23-9)8-19-13(20)15(16-14(19)21)6-7-22-11-5-3-2-4-10(11)15/h2-5H,6-8H2,1H3,(H,16,21)/t15-/m1/s1. The molecule has 2 aliphatic heterocycles. The van der Waals surface area contributed by atoms with E-state index in [1.54, 1.807) is 19.1 Å². The van der Waals surface area contributed by atoms with E-state index in [0.29, 0.717) is 30.2 Å². The molecule has 3 amide bonds. The van der Waals surface area contributed by atoms with Crippen LogP contribution in [0.3, 0.4) is 0 Å². The van der Waals surface area contributed by atoms with Crippen LogP contribution in [0.15, 0.2) is 28.7 Å². The molecule has 1 N–H and O–H groups in total. The fourth-order valence-electron chi connectivity index (χ4n) is 3.05. The summed E-state index contributed by atoms with van der Waals surface area (Å²) < 4.78 is 10.9. The molecule has 0 bridgehead atoms. The number of carbonyl (C=O) groups excluding carboxylic acids is 2. The second kappa shape index (κ2) is 4.80. The van der Waals surface area contributed by atoms with Crippen LogP contribution in [0.25, 0.3) is 0 Å². The highest BCUT2D eigenvalue weighted by Crippen LogP contribution is 2.41. The van der Waals surface area contributed by atoms with Crippen molar-refractivity contribution in [2.45, 2.75) is 25.4 Å². The summed E-state index contributed by atoms with van der Waals surface area (Å²) in [5.41, 5.74) is -0.408. The molecule has 8 nitrogen and oxygen atoms in total. The average Bonchev–Trinajstić information content (AvgIpc) is 3.06. The Morgan fingerprint density at radius 2 is 2.13 bits per heavy atom. The molecule has 1 aromatic heterocycles. The lowest BCUT2D eigenvalue weighted by Crippen LogP contribution is -2.47. The van der Waals surface area contributed by atoms with Crippen LogP contribution < -0.4 is 10.1 Å². The Kier molecular flexibility index (Phi) is 2.87. The van der Waals surface area contributed by atoms with Crippen LogP contribution in [0.2, 0.25) is 0 Å². The van der Waals surface area contributed by atoms with Gasteiger partial charge in [0, 0.05) is 18.9 Å². The normalized spacial score (nSPS) is 22.9. The van der Waals surface area contributed by atoms with E-state index < -0.39 is 11.6 Å². The number of benzene rings is 1. The predicted octanol–water partition coefficient (Wildman–Crippen LogP) is 1.11. The number of carbonyl (C=O) groups is 2. The molecule has 3 heterocycles. The number of hydrogen-bond acceptors (Lipinski definition) is 6. The van der Waals surface area contributed by atoms with Crippen LogP contribution in [0.5, 0.6) is 5.75 Å². The summed E-state index contributed by atoms with van der Waals surface area (Å²) in [6, 6.07) is 6.77. The highest BCUT2D eigenvalue weighted by molar-refractivity contribution is 6.07. The fourth-order valence-corrected chi connectivity index (χ4v) is 3.05. The van der Waals surface area contributed by atoms with Gasteiger partial charge in [-0.05, 0) is 6.07 Å². The molecule has 0 aliphatic carbocycles. The van der Waals surface area contributed by atoms with Crippen molar-refractivity contribution in [3.8, 4) is 5.75 Å². The molecular weight excluding hydrogens is 300 g/mol. The highest BCUT2D eigenvalue weighted by Gasteiger charge is 2.55. The van der Waals surface area contributed by atoms with Gasteiger partial charge in [0.05, 0.1) is 6.61 Å². The molecule has 1 atom stereocenters. The van der Waals surface area contributed by atoms with Gasteiger partial charge in [-0.3, -0.25) is 9.69 Å². The third-order valence-electron chi connectivity index (χ3n) is 4.12. The Hall–Kier alpha value is -2.90. The van der Waals surface area contributed by atoms with Crippen molar-refractivity contribution in [1.29, 1.82) is 0 Å². The Balaban J connectivity index is 1.70. The van der Waals surface area contributed by atoms with E-state index >= 15 is 0 Å². The third kappa shape index (κ3) is 1.98. The van der Waals surface area contributed by atoms with E-state index in [1.807, 2.05) is 12.1 Å². The van der Waals surface area contributed by atoms with Gasteiger partial charge in [0.25, 0.3) is 5.91 Å². The summed E-state index contributed by atoms with van der Waals surface area (Å²) in [5, 5.41) is 10.4. The number of aromatic nitrogens is 2. The summed E-state index contributed by atoms with van der Waals surface area (Å²) in [6.45, 7) is 1.96. The minimum Gasteiger partial charge on any atom is -0.493 e. The average molecular weight is 314 g/mol. The maximum atomic E-state index is 13.0. The number of ether oxygens (including phenoxy) is 1. The summed E-state index contributed by atoms with van der Waals surface area (Å²) in [7, 11) is 0. The molecule has 1 aromatic carbocycles. The third-order valence-corrected chi connectivity index (χ3v) is 4.12. The molecule has 0 unspecified atom stereocenters. The van der Waals surface area contributed by atoms with Crippen LogP contribution in [0.4, 0.5) is 4.79 Å². The van der Waals surface area contributed by atoms with Crippen molar-refractivity contribution in [2.24, 2.45) is 0 Å². The summed E-state index contributed by atoms with van der Waals surface area (Å²) in [5.74, 6) is 0.901. The first kappa shape index (κ1) is 13.7. The molecule has 1 fully saturated rings. The van der Waals surface area contributed by atoms with Crippen LogP contribution in [-0.4, -0.2) is 33.6 Å². The summed E-state index contributed by atoms with van der Waals surface area (Å²) in [4.78, 5) is 26.4. The second-order valence-corrected chi connectivity index (χ2v) is 5.54. The Bertz CT molecular complexity index is 802. The number of fused-ring (bicyclic) bond motifs is 2. The maximum absolute atomic E-state index is 13.0. The molecule has 1 spiro atoms. The zero-order valence-electron chi connectivity index (χ0n) is 12.4. The molecule has 0 saturated carbocycles. The molecule has 2 aromatic rings. The lowest BCUT2D eigenvalue weighted by Gasteiger charge is -2.33. The summed E-state index contributed by atoms with van der Waals surface area (Å²) >= 11 is 0. The number of hydrogen-bond donors (Lipinski definition) is 1. The predicted molar refractivity (Wildman–Crippen MR) is 76.3 cm³/mol. The maximum Gasteiger partial charge on any atom is 0.325 e. The largest absolute Gasteiger partial charge is 0.493 e. The lowest BCUT2D eigenvalue weighted by atomic mass is 9.84. The highest BCUT2D eigenvalue weighted by atomic mass is 16.5. The van der Waals surface area contributed by atoms with Crippen LogP contribution in [0.1, 0.15) is 23.8 Å². The topological polar surface area (TPSA) is 97.6 Å². The number of aryl methyl sites for hydroxylation is 1. The molecule has 2 aliphatic rings. The molecule has 23 heavy (non-hydrogen) atoms. The van der Waals surface area contributed by atoms with Crippen LogP contribution in [-0.2, 0) is 16.9 Å². The molecular formula is C15H14N4O4. The quantitative estimate of drug-likeness (QED) is 0.834. The molecule has 0 radical (unpaired) electrons. The Morgan fingerprint density at radius 3 is 2.91 bits per heavy atom. The first-order valence-corrected chi connectivity index (χ1v) is 7.25. The molecule has 1 saturated heterocycles. The first-order valence-electron chi connectivity index (χ1n) is 7.25. The van der Waals surface area contributed by atoms with Gasteiger partial charge in [-0.1, -0.05) is 18.2 Å². The van der Waals surface area contributed by atoms with Gasteiger partial charge in [0.1, 0.15) is 12.3 Å². The fraction of sp³-hybridized carbons (Fsp3) is 0.333. The van der Waals surface area contributed by atoms with Crippen LogP contribution >= 0.6 is 0 Å². The van der Waals surface area contributed by atoms with E-state index in [4.69, 9.17) is 9.15 Å². The number of imide groups is 1. The van der Waals surface area contributed by atoms with E-state index in [9.17, 15) is 9.59 Å². The number of rotatable bonds is 2. The van der Waals surface area contributed by atoms with Gasteiger partial charge in [-0.15, -0.1) is 10.2 Å². The van der Waals surface area contributed by atoms with Crippen molar-refractivity contribution < 1.29 is 18.7 Å². The SMILES string of the molecule is Cc1nnc(CN2C(=O)N[C@@]3(CCOc4ccccc43)C2=O)o1. The van der Waals surface area contributed by atoms with Gasteiger partial charge in [-0.25, -0.2) is 4.79 Å². The minimum absolute atomic E-state index is 0.0454. The van der Waals surface area contributed by atoms with E-state index in [2.05, 4.69) is 15.5 Å². The van der Waals surface area contributed by atoms with Crippen molar-refractivity contribution >= 4 is 11.9 Å². The first-order chi connectivity index (χ1) is 11.1. The van der Waals surface area contributed by atoms with Crippen molar-refractivity contribution in [2.75, 3.05) is 6.61 Å². The second-order valence-electron chi connectivity index (χ2n) is 5.54. The van der Waals surface area contributed by atoms with E-state index in [-0.39, 0.29) is 18.3 Å². The Morgan fingerprint density at radius 1 is 1.30 bits per heavy atom. The van der Waals surface area contributed by atoms with Gasteiger partial charge >= 0.3 is 6.03 Å². The van der Waals surface area contributed by atoms with E-state index in [1.165, 1.54) is 0 Å². The summed E-state index contributed by atoms with van der Waals surface area (Å²) in [6.07, 6.45) is 0.383. The minimum atomic E-state index is -1.08. The number of amides is 3. The number of nitrogens with zero attached hydrogens (tertiary/aromatic N) is 3. The van der Waals surface area contributed by atoms with Crippen molar-refractivity contribution in [3.63, 3.8) is 0 Å². The monoisotopic (exact) mass is 314 g/mol. The zero-order valence-corrected chi connectivity index (χ0v) is 12.4. The smallest absolute Gasteiger partial charge is 0.325 e. The number of nitrogens with one attached hydrogen (secondary N) is 1. The zero-order chi connectivity index (χ0) is 16.0. The Labute approximate surface area is 131 Å². The number of para-hydroxylation sites is 1. The van der Waals surface area contributed by atoms with Gasteiger partial charge < -0.3 is 14.5 Å². The molecule has 4 rings (SSSR count). The van der Waals surface area contributed by atoms with Crippen LogP contribution in [0, 0.1) is 6.92 Å². The molecule has 8 heteroatoms. The van der Waals surface area contributed by atoms with E-state index in [0.717, 1.165) is 4.90 Å². The lowest BCUT2D eigenvalue weighted by molar-refractivity contribution is -0.133. The van der Waals surface area contributed by atoms with Gasteiger partial charge in [0.15, 0.2) is 5.54 Å². The molecule has 118 valence electrons. The van der Waals surface area contributed by atoms with Gasteiger partial charge in [-0.2, -0.15) is 0 Å². The van der Waals surface area contributed by atoms with Crippen molar-refractivity contribution in [3.05, 3.63) is 41.6 Å². The van der Waals surface area contributed by atoms with Gasteiger partial charge in [0.2, 0.25) is 11.8 Å². The number of urea groups is 1.